The number of hydrogen-bond acceptors (Lipinski definition) is 4. The van der Waals surface area contributed by atoms with Crippen LogP contribution in [0.25, 0.3) is 11.0 Å². The summed E-state index contributed by atoms with van der Waals surface area (Å²) in [7, 11) is 1.58. The van der Waals surface area contributed by atoms with Crippen LogP contribution in [0.5, 0.6) is 0 Å². The molecule has 0 aliphatic carbocycles. The van der Waals surface area contributed by atoms with Crippen LogP contribution >= 0.6 is 0 Å². The van der Waals surface area contributed by atoms with Crippen LogP contribution in [0.4, 0.5) is 0 Å². The summed E-state index contributed by atoms with van der Waals surface area (Å²) in [6.07, 6.45) is 0. The monoisotopic (exact) mass is 264 g/mol. The lowest BCUT2D eigenvalue weighted by atomic mass is 10.1. The predicted molar refractivity (Wildman–Crippen MR) is 77.1 cm³/mol. The van der Waals surface area contributed by atoms with E-state index in [9.17, 15) is 4.79 Å². The van der Waals surface area contributed by atoms with Crippen molar-refractivity contribution in [3.63, 3.8) is 0 Å². The number of fused-ring (bicyclic) bond motifs is 1. The second kappa shape index (κ2) is 5.05. The Morgan fingerprint density at radius 2 is 1.75 bits per heavy atom. The normalized spacial score (nSPS) is 11.8. The Labute approximate surface area is 115 Å². The molecule has 1 aromatic heterocycles. The standard InChI is InChI=1S/C15H12N4O/c1-16-15(14(20)11-7-3-2-4-8-11)19-13-10-6-5-9-12(13)17-18-19/h2-10H,1H3. The highest BCUT2D eigenvalue weighted by molar-refractivity contribution is 6.46. The third-order valence-electron chi connectivity index (χ3n) is 3.00. The summed E-state index contributed by atoms with van der Waals surface area (Å²) in [5.41, 5.74) is 2.07. The zero-order valence-corrected chi connectivity index (χ0v) is 10.9. The van der Waals surface area contributed by atoms with E-state index in [2.05, 4.69) is 15.3 Å². The molecule has 3 rings (SSSR count). The van der Waals surface area contributed by atoms with Crippen molar-refractivity contribution < 1.29 is 4.79 Å². The lowest BCUT2D eigenvalue weighted by Gasteiger charge is -2.05. The van der Waals surface area contributed by atoms with Crippen LogP contribution in [0.15, 0.2) is 59.6 Å². The first-order valence-corrected chi connectivity index (χ1v) is 6.18. The zero-order valence-electron chi connectivity index (χ0n) is 10.9. The van der Waals surface area contributed by atoms with Crippen LogP contribution in [-0.2, 0) is 0 Å². The number of hydrogen-bond donors (Lipinski definition) is 0. The molecule has 5 heteroatoms. The summed E-state index contributed by atoms with van der Waals surface area (Å²) in [4.78, 5) is 16.6. The van der Waals surface area contributed by atoms with Gasteiger partial charge in [0.15, 0.2) is 5.84 Å². The Kier molecular flexibility index (Phi) is 3.09. The summed E-state index contributed by atoms with van der Waals surface area (Å²) in [5.74, 6) is 0.0775. The summed E-state index contributed by atoms with van der Waals surface area (Å²) in [5, 5.41) is 8.07. The molecule has 0 aliphatic heterocycles. The molecule has 0 saturated carbocycles. The van der Waals surface area contributed by atoms with Crippen LogP contribution in [-0.4, -0.2) is 33.7 Å². The van der Waals surface area contributed by atoms with Crippen LogP contribution in [0.3, 0.4) is 0 Å². The fourth-order valence-corrected chi connectivity index (χ4v) is 2.04. The number of aromatic nitrogens is 3. The number of rotatable bonds is 2. The first-order chi connectivity index (χ1) is 9.81. The molecule has 2 aromatic carbocycles. The minimum absolute atomic E-state index is 0.177. The molecule has 5 nitrogen and oxygen atoms in total. The number of benzene rings is 2. The lowest BCUT2D eigenvalue weighted by Crippen LogP contribution is -2.24. The molecular weight excluding hydrogens is 252 g/mol. The van der Waals surface area contributed by atoms with Crippen molar-refractivity contribution in [1.29, 1.82) is 0 Å². The minimum Gasteiger partial charge on any atom is -0.285 e. The predicted octanol–water partition coefficient (Wildman–Crippen LogP) is 2.19. The van der Waals surface area contributed by atoms with Gasteiger partial charge in [0, 0.05) is 12.6 Å². The molecule has 0 aliphatic rings. The van der Waals surface area contributed by atoms with Crippen molar-refractivity contribution in [3.05, 3.63) is 60.2 Å². The quantitative estimate of drug-likeness (QED) is 0.405. The lowest BCUT2D eigenvalue weighted by molar-refractivity contribution is 0.106. The molecule has 0 fully saturated rings. The van der Waals surface area contributed by atoms with Gasteiger partial charge in [0.2, 0.25) is 5.78 Å². The van der Waals surface area contributed by atoms with Gasteiger partial charge in [0.05, 0.1) is 5.52 Å². The molecule has 3 aromatic rings. The molecule has 98 valence electrons. The van der Waals surface area contributed by atoms with Gasteiger partial charge in [-0.05, 0) is 12.1 Å². The smallest absolute Gasteiger partial charge is 0.229 e. The first kappa shape index (κ1) is 12.2. The highest BCUT2D eigenvalue weighted by Gasteiger charge is 2.18. The Morgan fingerprint density at radius 1 is 1.05 bits per heavy atom. The molecule has 0 amide bonds. The van der Waals surface area contributed by atoms with Crippen LogP contribution in [0.1, 0.15) is 10.4 Å². The largest absolute Gasteiger partial charge is 0.285 e. The van der Waals surface area contributed by atoms with Crippen molar-refractivity contribution in [2.45, 2.75) is 0 Å². The fourth-order valence-electron chi connectivity index (χ4n) is 2.04. The zero-order chi connectivity index (χ0) is 13.9. The number of para-hydroxylation sites is 1. The van der Waals surface area contributed by atoms with Crippen molar-refractivity contribution in [2.24, 2.45) is 4.99 Å². The summed E-state index contributed by atoms with van der Waals surface area (Å²) in [6, 6.07) is 16.5. The maximum atomic E-state index is 12.5. The number of nitrogens with zero attached hydrogens (tertiary/aromatic N) is 4. The highest BCUT2D eigenvalue weighted by Crippen LogP contribution is 2.11. The maximum Gasteiger partial charge on any atom is 0.229 e. The van der Waals surface area contributed by atoms with Crippen molar-refractivity contribution in [2.75, 3.05) is 7.05 Å². The molecule has 0 saturated heterocycles. The van der Waals surface area contributed by atoms with Gasteiger partial charge < -0.3 is 0 Å². The summed E-state index contributed by atoms with van der Waals surface area (Å²) < 4.78 is 1.48. The van der Waals surface area contributed by atoms with Gasteiger partial charge in [-0.15, -0.1) is 5.10 Å². The third-order valence-corrected chi connectivity index (χ3v) is 3.00. The average Bonchev–Trinajstić information content (AvgIpc) is 2.93. The van der Waals surface area contributed by atoms with E-state index >= 15 is 0 Å². The van der Waals surface area contributed by atoms with Gasteiger partial charge >= 0.3 is 0 Å². The van der Waals surface area contributed by atoms with E-state index < -0.39 is 0 Å². The average molecular weight is 264 g/mol. The molecule has 1 heterocycles. The van der Waals surface area contributed by atoms with Crippen LogP contribution in [0, 0.1) is 0 Å². The molecule has 0 spiro atoms. The molecule has 0 atom stereocenters. The number of carbonyl (C=O) groups is 1. The highest BCUT2D eigenvalue weighted by atomic mass is 16.1. The van der Waals surface area contributed by atoms with Gasteiger partial charge in [0.25, 0.3) is 0 Å². The second-order valence-electron chi connectivity index (χ2n) is 4.23. The van der Waals surface area contributed by atoms with E-state index in [1.165, 1.54) is 4.68 Å². The van der Waals surface area contributed by atoms with Crippen molar-refractivity contribution in [1.82, 2.24) is 15.0 Å². The summed E-state index contributed by atoms with van der Waals surface area (Å²) in [6.45, 7) is 0. The van der Waals surface area contributed by atoms with Gasteiger partial charge in [-0.1, -0.05) is 47.7 Å². The maximum absolute atomic E-state index is 12.5. The van der Waals surface area contributed by atoms with Crippen molar-refractivity contribution in [3.8, 4) is 0 Å². The molecule has 0 bridgehead atoms. The molecule has 0 radical (unpaired) electrons. The SMILES string of the molecule is CN=C(C(=O)c1ccccc1)n1nnc2ccccc21. The number of Topliss-reactive ketones (excluding diaryl/α,β-unsaturated/α-hetero) is 1. The first-order valence-electron chi connectivity index (χ1n) is 6.18. The second-order valence-corrected chi connectivity index (χ2v) is 4.23. The summed E-state index contributed by atoms with van der Waals surface area (Å²) >= 11 is 0. The van der Waals surface area contributed by atoms with E-state index in [0.717, 1.165) is 11.0 Å². The Bertz CT molecular complexity index is 790. The van der Waals surface area contributed by atoms with Crippen LogP contribution < -0.4 is 0 Å². The molecule has 20 heavy (non-hydrogen) atoms. The van der Waals surface area contributed by atoms with E-state index in [1.54, 1.807) is 19.2 Å². The minimum atomic E-state index is -0.177. The van der Waals surface area contributed by atoms with E-state index in [-0.39, 0.29) is 11.6 Å². The van der Waals surface area contributed by atoms with E-state index in [4.69, 9.17) is 0 Å². The fraction of sp³-hybridized carbons (Fsp3) is 0.0667. The molecule has 0 N–H and O–H groups in total. The topological polar surface area (TPSA) is 60.1 Å². The van der Waals surface area contributed by atoms with Gasteiger partial charge in [0.1, 0.15) is 5.52 Å². The molecular formula is C15H12N4O. The number of aliphatic imine (C=N–C) groups is 1. The van der Waals surface area contributed by atoms with Crippen molar-refractivity contribution >= 4 is 22.7 Å². The number of ketones is 1. The Balaban J connectivity index is 2.09. The Hall–Kier alpha value is -2.82. The van der Waals surface area contributed by atoms with Gasteiger partial charge in [-0.25, -0.2) is 0 Å². The van der Waals surface area contributed by atoms with Gasteiger partial charge in [-0.3, -0.25) is 9.79 Å². The Morgan fingerprint density at radius 3 is 2.50 bits per heavy atom. The van der Waals surface area contributed by atoms with E-state index in [1.807, 2.05) is 42.5 Å². The van der Waals surface area contributed by atoms with Gasteiger partial charge in [-0.2, -0.15) is 4.68 Å². The number of carbonyl (C=O) groups excluding carboxylic acids is 1. The molecule has 0 unspecified atom stereocenters. The van der Waals surface area contributed by atoms with Crippen LogP contribution in [0.2, 0.25) is 0 Å². The van der Waals surface area contributed by atoms with E-state index in [0.29, 0.717) is 5.56 Å². The third kappa shape index (κ3) is 1.99.